The molecule has 0 aliphatic carbocycles. The van der Waals surface area contributed by atoms with Crippen LogP contribution in [0.2, 0.25) is 0 Å². The highest BCUT2D eigenvalue weighted by atomic mass is 16.3. The van der Waals surface area contributed by atoms with E-state index >= 15 is 0 Å². The van der Waals surface area contributed by atoms with Crippen LogP contribution in [0.4, 0.5) is 0 Å². The van der Waals surface area contributed by atoms with E-state index in [-0.39, 0.29) is 18.4 Å². The zero-order valence-corrected chi connectivity index (χ0v) is 28.9. The molecule has 0 atom stereocenters. The van der Waals surface area contributed by atoms with Crippen molar-refractivity contribution in [2.75, 3.05) is 13.2 Å². The molecule has 4 nitrogen and oxygen atoms in total. The lowest BCUT2D eigenvalue weighted by molar-refractivity contribution is -0.145. The van der Waals surface area contributed by atoms with Gasteiger partial charge in [0, 0.05) is 26.0 Å². The van der Waals surface area contributed by atoms with Crippen molar-refractivity contribution in [3.63, 3.8) is 0 Å². The maximum absolute atomic E-state index is 12.8. The van der Waals surface area contributed by atoms with Crippen LogP contribution in [0.5, 0.6) is 0 Å². The summed E-state index contributed by atoms with van der Waals surface area (Å²) in [5, 5.41) is 9.25. The third-order valence-corrected chi connectivity index (χ3v) is 8.45. The predicted octanol–water partition coefficient (Wildman–Crippen LogP) is 11.8. The Labute approximate surface area is 268 Å². The van der Waals surface area contributed by atoms with E-state index in [1.807, 2.05) is 0 Å². The Kier molecular flexibility index (Phi) is 33.9. The molecule has 252 valence electrons. The molecule has 0 rings (SSSR count). The molecule has 1 N–H and O–H groups in total. The summed E-state index contributed by atoms with van der Waals surface area (Å²) in [5.74, 6) is -0.104. The van der Waals surface area contributed by atoms with Crippen LogP contribution < -0.4 is 0 Å². The van der Waals surface area contributed by atoms with Crippen LogP contribution in [0.3, 0.4) is 0 Å². The van der Waals surface area contributed by atoms with Gasteiger partial charge in [-0.15, -0.1) is 0 Å². The van der Waals surface area contributed by atoms with Crippen LogP contribution in [0.1, 0.15) is 200 Å². The quantitative estimate of drug-likeness (QED) is 0.0599. The molecule has 0 aliphatic heterocycles. The number of carbonyl (C=O) groups excluding carboxylic acids is 2. The number of nitrogens with zero attached hydrogens (tertiary/aromatic N) is 1. The van der Waals surface area contributed by atoms with Gasteiger partial charge in [0.1, 0.15) is 0 Å². The molecule has 43 heavy (non-hydrogen) atoms. The Morgan fingerprint density at radius 2 is 0.744 bits per heavy atom. The molecule has 0 heterocycles. The number of aliphatic hydroxyl groups is 1. The van der Waals surface area contributed by atoms with E-state index in [0.717, 1.165) is 51.4 Å². The predicted molar refractivity (Wildman–Crippen MR) is 187 cm³/mol. The van der Waals surface area contributed by atoms with Crippen LogP contribution in [0.25, 0.3) is 0 Å². The van der Waals surface area contributed by atoms with Gasteiger partial charge in [0.2, 0.25) is 11.8 Å². The highest BCUT2D eigenvalue weighted by Gasteiger charge is 2.20. The summed E-state index contributed by atoms with van der Waals surface area (Å²) in [7, 11) is 0. The number of aliphatic hydroxyl groups excluding tert-OH is 1. The first-order chi connectivity index (χ1) is 21.2. The molecule has 2 amide bonds. The summed E-state index contributed by atoms with van der Waals surface area (Å²) < 4.78 is 0. The van der Waals surface area contributed by atoms with Crippen molar-refractivity contribution in [3.05, 3.63) is 24.3 Å². The van der Waals surface area contributed by atoms with E-state index < -0.39 is 0 Å². The molecule has 0 bridgehead atoms. The van der Waals surface area contributed by atoms with Crippen molar-refractivity contribution in [3.8, 4) is 0 Å². The highest BCUT2D eigenvalue weighted by molar-refractivity contribution is 5.95. The van der Waals surface area contributed by atoms with E-state index in [0.29, 0.717) is 25.8 Å². The molecule has 0 aliphatic rings. The smallest absolute Gasteiger partial charge is 0.229 e. The Morgan fingerprint density at radius 3 is 1.07 bits per heavy atom. The molecule has 4 heteroatoms. The van der Waals surface area contributed by atoms with Crippen LogP contribution in [-0.4, -0.2) is 35.0 Å². The number of amides is 2. The minimum atomic E-state index is -0.0520. The normalized spacial score (nSPS) is 11.7. The van der Waals surface area contributed by atoms with Gasteiger partial charge in [0.15, 0.2) is 0 Å². The molecule has 0 fully saturated rings. The number of carbonyl (C=O) groups is 2. The molecule has 0 saturated heterocycles. The van der Waals surface area contributed by atoms with Gasteiger partial charge in [0.25, 0.3) is 0 Å². The van der Waals surface area contributed by atoms with Gasteiger partial charge in [-0.05, 0) is 70.6 Å². The number of hydrogen-bond donors (Lipinski definition) is 1. The fourth-order valence-corrected chi connectivity index (χ4v) is 5.58. The van der Waals surface area contributed by atoms with Crippen LogP contribution >= 0.6 is 0 Å². The molecule has 0 radical (unpaired) electrons. The monoisotopic (exact) mass is 604 g/mol. The summed E-state index contributed by atoms with van der Waals surface area (Å²) in [4.78, 5) is 27.0. The molecule has 0 aromatic rings. The topological polar surface area (TPSA) is 57.6 Å². The van der Waals surface area contributed by atoms with Gasteiger partial charge in [-0.1, -0.05) is 141 Å². The first kappa shape index (κ1) is 41.6. The van der Waals surface area contributed by atoms with E-state index in [1.54, 1.807) is 0 Å². The first-order valence-corrected chi connectivity index (χ1v) is 18.9. The molecule has 0 saturated carbocycles. The van der Waals surface area contributed by atoms with Crippen molar-refractivity contribution in [1.29, 1.82) is 0 Å². The fraction of sp³-hybridized carbons (Fsp3) is 0.846. The number of rotatable bonds is 33. The Hall–Kier alpha value is -1.42. The van der Waals surface area contributed by atoms with Crippen LogP contribution in [0, 0.1) is 0 Å². The maximum atomic E-state index is 12.8. The number of hydrogen-bond acceptors (Lipinski definition) is 3. The fourth-order valence-electron chi connectivity index (χ4n) is 5.58. The summed E-state index contributed by atoms with van der Waals surface area (Å²) in [5.41, 5.74) is 0. The van der Waals surface area contributed by atoms with Crippen LogP contribution in [-0.2, 0) is 9.59 Å². The van der Waals surface area contributed by atoms with Crippen molar-refractivity contribution >= 4 is 11.8 Å². The highest BCUT2D eigenvalue weighted by Crippen LogP contribution is 2.14. The second-order valence-corrected chi connectivity index (χ2v) is 12.7. The lowest BCUT2D eigenvalue weighted by Gasteiger charge is -2.20. The maximum Gasteiger partial charge on any atom is 0.229 e. The first-order valence-electron chi connectivity index (χ1n) is 18.9. The van der Waals surface area contributed by atoms with Gasteiger partial charge in [-0.2, -0.15) is 0 Å². The third-order valence-electron chi connectivity index (χ3n) is 8.45. The van der Waals surface area contributed by atoms with Gasteiger partial charge in [-0.25, -0.2) is 0 Å². The lowest BCUT2D eigenvalue weighted by Crippen LogP contribution is -2.37. The summed E-state index contributed by atoms with van der Waals surface area (Å²) in [6.07, 6.45) is 42.8. The molecule has 0 unspecified atom stereocenters. The standard InChI is InChI=1S/C39H73NO3/c1-3-5-7-9-11-13-15-17-19-21-23-25-27-29-31-34-38(42)40(36-33-37-41)39(43)35-32-30-28-26-24-22-20-18-16-14-12-10-8-6-4-2/h17-20,41H,3-16,21-37H2,1-2H3/b19-17-,20-18-. The lowest BCUT2D eigenvalue weighted by atomic mass is 10.1. The van der Waals surface area contributed by atoms with Gasteiger partial charge in [0.05, 0.1) is 0 Å². The van der Waals surface area contributed by atoms with Crippen molar-refractivity contribution in [2.45, 2.75) is 200 Å². The van der Waals surface area contributed by atoms with E-state index in [4.69, 9.17) is 0 Å². The zero-order valence-electron chi connectivity index (χ0n) is 28.9. The summed E-state index contributed by atoms with van der Waals surface area (Å²) in [6, 6.07) is 0. The second-order valence-electron chi connectivity index (χ2n) is 12.7. The summed E-state index contributed by atoms with van der Waals surface area (Å²) in [6.45, 7) is 4.89. The van der Waals surface area contributed by atoms with E-state index in [9.17, 15) is 14.7 Å². The van der Waals surface area contributed by atoms with Gasteiger partial charge < -0.3 is 5.11 Å². The third kappa shape index (κ3) is 30.4. The van der Waals surface area contributed by atoms with E-state index in [2.05, 4.69) is 38.2 Å². The average Bonchev–Trinajstić information content (AvgIpc) is 3.01. The molecular weight excluding hydrogens is 530 g/mol. The summed E-state index contributed by atoms with van der Waals surface area (Å²) >= 11 is 0. The van der Waals surface area contributed by atoms with Crippen molar-refractivity contribution < 1.29 is 14.7 Å². The van der Waals surface area contributed by atoms with Crippen LogP contribution in [0.15, 0.2) is 24.3 Å². The van der Waals surface area contributed by atoms with Crippen molar-refractivity contribution in [1.82, 2.24) is 4.90 Å². The molecule has 0 aromatic carbocycles. The Morgan fingerprint density at radius 1 is 0.442 bits per heavy atom. The molecule has 0 spiro atoms. The van der Waals surface area contributed by atoms with Gasteiger partial charge in [-0.3, -0.25) is 14.5 Å². The minimum absolute atomic E-state index is 0.0118. The van der Waals surface area contributed by atoms with E-state index in [1.165, 1.54) is 120 Å². The van der Waals surface area contributed by atoms with Gasteiger partial charge >= 0.3 is 0 Å². The minimum Gasteiger partial charge on any atom is -0.396 e. The SMILES string of the molecule is CCCCCCCC/C=C\CCCCCCCC(=O)N(CCCO)C(=O)CCCCCCC/C=C\CCCCCCCC. The second kappa shape index (κ2) is 35.1. The number of allylic oxidation sites excluding steroid dienone is 4. The number of imide groups is 1. The number of unbranched alkanes of at least 4 members (excludes halogenated alkanes) is 22. The Balaban J connectivity index is 3.83. The zero-order chi connectivity index (χ0) is 31.5. The Bertz CT molecular complexity index is 605. The molecule has 0 aromatic heterocycles. The van der Waals surface area contributed by atoms with Crippen molar-refractivity contribution in [2.24, 2.45) is 0 Å². The largest absolute Gasteiger partial charge is 0.396 e. The average molecular weight is 604 g/mol. The molecular formula is C39H73NO3.